The maximum atomic E-state index is 13.5. The molecule has 0 bridgehead atoms. The molecule has 2 aromatic rings. The van der Waals surface area contributed by atoms with Gasteiger partial charge in [0.15, 0.2) is 11.5 Å². The van der Waals surface area contributed by atoms with Crippen LogP contribution in [0.1, 0.15) is 24.8 Å². The second kappa shape index (κ2) is 9.29. The smallest absolute Gasteiger partial charge is 0.490 e. The standard InChI is InChI=1S/C22H22ClN3O3.C2HF3O2/c1-26-20(28)22(25-21(26)24)16-7-6-15(27)11-19(16)29-18-8-5-13(10-17(18)22)12-3-2-4-14(23)9-12;3-2(4,5)1(6)7/h2-5,8-10,15-16,19,27H,6-7,11H2,1H3,(H2,24,25);(H,6,7). The van der Waals surface area contributed by atoms with Crippen molar-refractivity contribution in [3.63, 3.8) is 0 Å². The molecule has 8 nitrogen and oxygen atoms in total. The molecule has 1 fully saturated rings. The van der Waals surface area contributed by atoms with Crippen LogP contribution in [0, 0.1) is 5.92 Å². The molecule has 192 valence electrons. The number of benzene rings is 2. The first-order valence-electron chi connectivity index (χ1n) is 11.0. The number of likely N-dealkylation sites (N-methyl/N-ethyl adjacent to an activating group) is 1. The van der Waals surface area contributed by atoms with Gasteiger partial charge in [0.25, 0.3) is 5.91 Å². The topological polar surface area (TPSA) is 125 Å². The summed E-state index contributed by atoms with van der Waals surface area (Å²) in [5, 5.41) is 17.9. The highest BCUT2D eigenvalue weighted by Crippen LogP contribution is 2.53. The van der Waals surface area contributed by atoms with Gasteiger partial charge in [0.2, 0.25) is 0 Å². The number of alkyl halides is 3. The summed E-state index contributed by atoms with van der Waals surface area (Å²) in [5.74, 6) is -2.25. The number of aliphatic imine (C=N–C) groups is 1. The quantitative estimate of drug-likeness (QED) is 0.523. The number of amides is 1. The number of halogens is 4. The van der Waals surface area contributed by atoms with Crippen LogP contribution in [0.15, 0.2) is 47.5 Å². The average molecular weight is 526 g/mol. The molecule has 0 saturated heterocycles. The zero-order valence-electron chi connectivity index (χ0n) is 19.0. The highest BCUT2D eigenvalue weighted by atomic mass is 35.5. The van der Waals surface area contributed by atoms with Crippen molar-refractivity contribution in [3.05, 3.63) is 53.1 Å². The average Bonchev–Trinajstić information content (AvgIpc) is 3.03. The molecule has 1 saturated carbocycles. The Kier molecular flexibility index (Phi) is 6.65. The van der Waals surface area contributed by atoms with Crippen LogP contribution in [0.5, 0.6) is 5.75 Å². The number of carbonyl (C=O) groups is 2. The van der Waals surface area contributed by atoms with Crippen molar-refractivity contribution in [1.29, 1.82) is 0 Å². The minimum atomic E-state index is -5.08. The lowest BCUT2D eigenvalue weighted by Gasteiger charge is -2.46. The number of nitrogens with two attached hydrogens (primary N) is 1. The third-order valence-electron chi connectivity index (χ3n) is 6.63. The van der Waals surface area contributed by atoms with E-state index in [-0.39, 0.29) is 23.9 Å². The number of rotatable bonds is 1. The molecule has 5 rings (SSSR count). The molecule has 3 aliphatic rings. The Balaban J connectivity index is 0.000000384. The van der Waals surface area contributed by atoms with Gasteiger partial charge in [0.1, 0.15) is 11.9 Å². The molecule has 12 heteroatoms. The van der Waals surface area contributed by atoms with Crippen LogP contribution >= 0.6 is 11.6 Å². The predicted molar refractivity (Wildman–Crippen MR) is 124 cm³/mol. The van der Waals surface area contributed by atoms with E-state index in [4.69, 9.17) is 37.0 Å². The number of fused-ring (bicyclic) bond motifs is 4. The molecule has 2 aromatic carbocycles. The zero-order chi connectivity index (χ0) is 26.4. The van der Waals surface area contributed by atoms with E-state index in [1.807, 2.05) is 42.5 Å². The van der Waals surface area contributed by atoms with E-state index in [9.17, 15) is 23.1 Å². The lowest BCUT2D eigenvalue weighted by atomic mass is 9.67. The maximum absolute atomic E-state index is 13.5. The summed E-state index contributed by atoms with van der Waals surface area (Å²) in [4.78, 5) is 28.5. The first-order chi connectivity index (χ1) is 16.8. The number of aliphatic carboxylic acids is 1. The van der Waals surface area contributed by atoms with Crippen molar-refractivity contribution < 1.29 is 37.7 Å². The summed E-state index contributed by atoms with van der Waals surface area (Å²) in [6, 6.07) is 13.4. The number of carboxylic acids is 1. The molecule has 0 radical (unpaired) electrons. The van der Waals surface area contributed by atoms with E-state index in [2.05, 4.69) is 0 Å². The molecular weight excluding hydrogens is 503 g/mol. The fourth-order valence-electron chi connectivity index (χ4n) is 4.94. The third-order valence-corrected chi connectivity index (χ3v) is 6.87. The van der Waals surface area contributed by atoms with Crippen LogP contribution in [0.25, 0.3) is 11.1 Å². The third kappa shape index (κ3) is 4.48. The first kappa shape index (κ1) is 25.8. The lowest BCUT2D eigenvalue weighted by Crippen LogP contribution is -2.55. The number of nitrogens with zero attached hydrogens (tertiary/aromatic N) is 2. The SMILES string of the molecule is CN1C(=O)C2(N=C1N)c1cc(-c3cccc(Cl)c3)ccc1OC1CC(O)CCC12.O=C(O)C(F)(F)F. The number of carboxylic acid groups (broad SMARTS) is 1. The molecule has 4 N–H and O–H groups in total. The maximum Gasteiger partial charge on any atom is 0.490 e. The summed E-state index contributed by atoms with van der Waals surface area (Å²) >= 11 is 6.18. The van der Waals surface area contributed by atoms with Gasteiger partial charge >= 0.3 is 12.1 Å². The van der Waals surface area contributed by atoms with Crippen molar-refractivity contribution in [2.75, 3.05) is 7.05 Å². The van der Waals surface area contributed by atoms with Crippen LogP contribution < -0.4 is 10.5 Å². The Morgan fingerprint density at radius 3 is 2.47 bits per heavy atom. The number of ether oxygens (including phenoxy) is 1. The summed E-state index contributed by atoms with van der Waals surface area (Å²) in [7, 11) is 1.65. The Bertz CT molecular complexity index is 1240. The Hall–Kier alpha value is -3.31. The number of guanidine groups is 1. The van der Waals surface area contributed by atoms with Gasteiger partial charge in [-0.1, -0.05) is 29.8 Å². The molecule has 1 amide bonds. The van der Waals surface area contributed by atoms with Gasteiger partial charge < -0.3 is 20.7 Å². The number of hydrogen-bond donors (Lipinski definition) is 3. The molecule has 1 aliphatic carbocycles. The van der Waals surface area contributed by atoms with Crippen LogP contribution in [-0.4, -0.2) is 58.4 Å². The van der Waals surface area contributed by atoms with Gasteiger partial charge in [-0.15, -0.1) is 0 Å². The van der Waals surface area contributed by atoms with Crippen molar-refractivity contribution in [3.8, 4) is 16.9 Å². The van der Waals surface area contributed by atoms with Crippen LogP contribution in [0.3, 0.4) is 0 Å². The van der Waals surface area contributed by atoms with Gasteiger partial charge in [-0.2, -0.15) is 13.2 Å². The van der Waals surface area contributed by atoms with Crippen LogP contribution in [0.4, 0.5) is 13.2 Å². The molecule has 2 heterocycles. The molecule has 36 heavy (non-hydrogen) atoms. The van der Waals surface area contributed by atoms with Gasteiger partial charge in [-0.25, -0.2) is 9.79 Å². The molecule has 4 unspecified atom stereocenters. The summed E-state index contributed by atoms with van der Waals surface area (Å²) in [6.07, 6.45) is -4.06. The second-order valence-electron chi connectivity index (χ2n) is 8.85. The summed E-state index contributed by atoms with van der Waals surface area (Å²) in [6.45, 7) is 0. The van der Waals surface area contributed by atoms with E-state index in [1.165, 1.54) is 4.90 Å². The van der Waals surface area contributed by atoms with Gasteiger partial charge in [-0.05, 0) is 48.2 Å². The fraction of sp³-hybridized carbons (Fsp3) is 0.375. The van der Waals surface area contributed by atoms with E-state index < -0.39 is 23.8 Å². The van der Waals surface area contributed by atoms with Crippen LogP contribution in [0.2, 0.25) is 5.02 Å². The monoisotopic (exact) mass is 525 g/mol. The predicted octanol–water partition coefficient (Wildman–Crippen LogP) is 3.54. The molecule has 0 aromatic heterocycles. The van der Waals surface area contributed by atoms with Crippen LogP contribution in [-0.2, 0) is 15.1 Å². The van der Waals surface area contributed by atoms with Crippen molar-refractivity contribution in [2.24, 2.45) is 16.6 Å². The summed E-state index contributed by atoms with van der Waals surface area (Å²) < 4.78 is 38.0. The van der Waals surface area contributed by atoms with E-state index >= 15 is 0 Å². The minimum Gasteiger partial charge on any atom is -0.490 e. The highest BCUT2D eigenvalue weighted by Gasteiger charge is 2.60. The number of carbonyl (C=O) groups excluding carboxylic acids is 1. The van der Waals surface area contributed by atoms with Gasteiger partial charge in [0.05, 0.1) is 6.10 Å². The Morgan fingerprint density at radius 2 is 1.89 bits per heavy atom. The molecule has 1 spiro atoms. The number of hydrogen-bond acceptors (Lipinski definition) is 6. The summed E-state index contributed by atoms with van der Waals surface area (Å²) in [5.41, 5.74) is 7.59. The van der Waals surface area contributed by atoms with E-state index in [1.54, 1.807) is 7.05 Å². The number of aliphatic hydroxyl groups is 1. The molecule has 4 atom stereocenters. The van der Waals surface area contributed by atoms with Crippen molar-refractivity contribution in [2.45, 2.75) is 43.2 Å². The molecule has 2 aliphatic heterocycles. The van der Waals surface area contributed by atoms with E-state index in [0.717, 1.165) is 16.7 Å². The van der Waals surface area contributed by atoms with E-state index in [0.29, 0.717) is 30.0 Å². The normalized spacial score (nSPS) is 26.8. The van der Waals surface area contributed by atoms with Crippen molar-refractivity contribution in [1.82, 2.24) is 4.90 Å². The second-order valence-corrected chi connectivity index (χ2v) is 9.29. The number of aliphatic hydroxyl groups excluding tert-OH is 1. The Morgan fingerprint density at radius 1 is 1.22 bits per heavy atom. The first-order valence-corrected chi connectivity index (χ1v) is 11.4. The minimum absolute atomic E-state index is 0.144. The lowest BCUT2D eigenvalue weighted by molar-refractivity contribution is -0.192. The Labute approximate surface area is 209 Å². The van der Waals surface area contributed by atoms with Gasteiger partial charge in [-0.3, -0.25) is 9.69 Å². The van der Waals surface area contributed by atoms with Crippen molar-refractivity contribution >= 4 is 29.4 Å². The fourth-order valence-corrected chi connectivity index (χ4v) is 5.13. The van der Waals surface area contributed by atoms with Gasteiger partial charge in [0, 0.05) is 30.0 Å². The highest BCUT2D eigenvalue weighted by molar-refractivity contribution is 6.30. The molecular formula is C24H23ClF3N3O5. The largest absolute Gasteiger partial charge is 0.490 e. The zero-order valence-corrected chi connectivity index (χ0v) is 19.8.